The van der Waals surface area contributed by atoms with E-state index in [0.29, 0.717) is 5.92 Å². The maximum absolute atomic E-state index is 5.43. The highest BCUT2D eigenvalue weighted by Gasteiger charge is 2.35. The number of nitrogens with one attached hydrogen (secondary N) is 1. The van der Waals surface area contributed by atoms with Gasteiger partial charge < -0.3 is 15.0 Å². The first kappa shape index (κ1) is 16.3. The summed E-state index contributed by atoms with van der Waals surface area (Å²) < 4.78 is 5.43. The van der Waals surface area contributed by atoms with Crippen LogP contribution in [0.1, 0.15) is 32.1 Å². The molecule has 0 aromatic heterocycles. The van der Waals surface area contributed by atoms with Gasteiger partial charge in [-0.15, -0.1) is 24.0 Å². The monoisotopic (exact) mass is 393 g/mol. The Bertz CT molecular complexity index is 317. The van der Waals surface area contributed by atoms with Crippen molar-refractivity contribution in [1.29, 1.82) is 0 Å². The molecule has 1 saturated carbocycles. The predicted octanol–water partition coefficient (Wildman–Crippen LogP) is 2.34. The second-order valence-electron chi connectivity index (χ2n) is 6.37. The van der Waals surface area contributed by atoms with Gasteiger partial charge in [0.25, 0.3) is 0 Å². The molecular weight excluding hydrogens is 365 g/mol. The molecule has 116 valence electrons. The SMILES string of the molecule is CN=C(NCC1CCOC1)N1CC2CCCCC2C1.I. The normalized spacial score (nSPS) is 33.8. The number of hydrogen-bond acceptors (Lipinski definition) is 2. The van der Waals surface area contributed by atoms with Gasteiger partial charge in [0.1, 0.15) is 0 Å². The van der Waals surface area contributed by atoms with Crippen LogP contribution in [0.15, 0.2) is 4.99 Å². The van der Waals surface area contributed by atoms with E-state index in [9.17, 15) is 0 Å². The van der Waals surface area contributed by atoms with Crippen LogP contribution in [0.3, 0.4) is 0 Å². The standard InChI is InChI=1S/C15H27N3O.HI/c1-16-15(17-8-12-6-7-19-11-12)18-9-13-4-2-3-5-14(13)10-18;/h12-14H,2-11H2,1H3,(H,16,17);1H. The summed E-state index contributed by atoms with van der Waals surface area (Å²) in [7, 11) is 1.91. The summed E-state index contributed by atoms with van der Waals surface area (Å²) in [6.45, 7) is 5.28. The fourth-order valence-corrected chi connectivity index (χ4v) is 3.89. The zero-order valence-corrected chi connectivity index (χ0v) is 14.8. The molecule has 0 amide bonds. The van der Waals surface area contributed by atoms with Crippen molar-refractivity contribution in [2.75, 3.05) is 39.9 Å². The summed E-state index contributed by atoms with van der Waals surface area (Å²) in [5.74, 6) is 3.62. The Kier molecular flexibility index (Phi) is 6.39. The average molecular weight is 393 g/mol. The molecule has 2 aliphatic heterocycles. The van der Waals surface area contributed by atoms with Crippen molar-refractivity contribution in [2.45, 2.75) is 32.1 Å². The van der Waals surface area contributed by atoms with Crippen molar-refractivity contribution in [3.63, 3.8) is 0 Å². The van der Waals surface area contributed by atoms with Crippen LogP contribution in [0, 0.1) is 17.8 Å². The van der Waals surface area contributed by atoms with E-state index in [1.165, 1.54) is 45.2 Å². The van der Waals surface area contributed by atoms with Gasteiger partial charge in [0.2, 0.25) is 0 Å². The van der Waals surface area contributed by atoms with E-state index in [0.717, 1.165) is 37.6 Å². The van der Waals surface area contributed by atoms with Crippen molar-refractivity contribution in [2.24, 2.45) is 22.7 Å². The zero-order chi connectivity index (χ0) is 13.1. The first-order valence-corrected chi connectivity index (χ1v) is 7.90. The topological polar surface area (TPSA) is 36.9 Å². The minimum atomic E-state index is 0. The van der Waals surface area contributed by atoms with Crippen LogP contribution in [0.2, 0.25) is 0 Å². The third kappa shape index (κ3) is 3.78. The average Bonchev–Trinajstić information content (AvgIpc) is 3.08. The second-order valence-corrected chi connectivity index (χ2v) is 6.37. The summed E-state index contributed by atoms with van der Waals surface area (Å²) in [5, 5.41) is 3.56. The Morgan fingerprint density at radius 1 is 1.20 bits per heavy atom. The maximum Gasteiger partial charge on any atom is 0.193 e. The molecule has 3 fully saturated rings. The summed E-state index contributed by atoms with van der Waals surface area (Å²) >= 11 is 0. The van der Waals surface area contributed by atoms with E-state index < -0.39 is 0 Å². The molecule has 0 aromatic rings. The summed E-state index contributed by atoms with van der Waals surface area (Å²) in [5.41, 5.74) is 0. The smallest absolute Gasteiger partial charge is 0.193 e. The van der Waals surface area contributed by atoms with Gasteiger partial charge in [-0.25, -0.2) is 0 Å². The highest BCUT2D eigenvalue weighted by atomic mass is 127. The molecule has 3 atom stereocenters. The molecule has 2 heterocycles. The zero-order valence-electron chi connectivity index (χ0n) is 12.5. The Morgan fingerprint density at radius 3 is 2.45 bits per heavy atom. The third-order valence-corrected chi connectivity index (χ3v) is 5.06. The lowest BCUT2D eigenvalue weighted by Crippen LogP contribution is -2.42. The Balaban J connectivity index is 0.00000147. The maximum atomic E-state index is 5.43. The minimum absolute atomic E-state index is 0. The van der Waals surface area contributed by atoms with E-state index >= 15 is 0 Å². The van der Waals surface area contributed by atoms with Crippen molar-refractivity contribution in [3.8, 4) is 0 Å². The van der Waals surface area contributed by atoms with E-state index in [1.54, 1.807) is 0 Å². The van der Waals surface area contributed by atoms with E-state index in [2.05, 4.69) is 15.2 Å². The molecule has 3 unspecified atom stereocenters. The number of hydrogen-bond donors (Lipinski definition) is 1. The van der Waals surface area contributed by atoms with Gasteiger partial charge >= 0.3 is 0 Å². The first-order valence-electron chi connectivity index (χ1n) is 7.90. The Morgan fingerprint density at radius 2 is 1.90 bits per heavy atom. The number of ether oxygens (including phenoxy) is 1. The van der Waals surface area contributed by atoms with Crippen molar-refractivity contribution in [3.05, 3.63) is 0 Å². The highest BCUT2D eigenvalue weighted by molar-refractivity contribution is 14.0. The molecule has 0 radical (unpaired) electrons. The first-order chi connectivity index (χ1) is 9.36. The van der Waals surface area contributed by atoms with Gasteiger partial charge in [-0.3, -0.25) is 4.99 Å². The molecule has 0 spiro atoms. The summed E-state index contributed by atoms with van der Waals surface area (Å²) in [4.78, 5) is 6.96. The number of guanidine groups is 1. The lowest BCUT2D eigenvalue weighted by Gasteiger charge is -2.22. The van der Waals surface area contributed by atoms with Gasteiger partial charge in [-0.1, -0.05) is 12.8 Å². The molecule has 1 N–H and O–H groups in total. The second kappa shape index (κ2) is 7.82. The fraction of sp³-hybridized carbons (Fsp3) is 0.933. The molecule has 3 aliphatic rings. The van der Waals surface area contributed by atoms with Gasteiger partial charge in [0.15, 0.2) is 5.96 Å². The molecular formula is C15H28IN3O. The number of rotatable bonds is 2. The number of aliphatic imine (C=N–C) groups is 1. The molecule has 5 heteroatoms. The molecule has 3 rings (SSSR count). The van der Waals surface area contributed by atoms with E-state index in [1.807, 2.05) is 7.05 Å². The predicted molar refractivity (Wildman–Crippen MR) is 92.7 cm³/mol. The Hall–Kier alpha value is -0.0400. The molecule has 0 aromatic carbocycles. The number of nitrogens with zero attached hydrogens (tertiary/aromatic N) is 2. The molecule has 2 saturated heterocycles. The van der Waals surface area contributed by atoms with E-state index in [-0.39, 0.29) is 24.0 Å². The van der Waals surface area contributed by atoms with Gasteiger partial charge in [-0.2, -0.15) is 0 Å². The number of likely N-dealkylation sites (tertiary alicyclic amines) is 1. The molecule has 4 nitrogen and oxygen atoms in total. The van der Waals surface area contributed by atoms with Crippen molar-refractivity contribution in [1.82, 2.24) is 10.2 Å². The lowest BCUT2D eigenvalue weighted by atomic mass is 9.82. The largest absolute Gasteiger partial charge is 0.381 e. The lowest BCUT2D eigenvalue weighted by molar-refractivity contribution is 0.186. The molecule has 1 aliphatic carbocycles. The summed E-state index contributed by atoms with van der Waals surface area (Å²) in [6.07, 6.45) is 6.90. The van der Waals surface area contributed by atoms with Crippen molar-refractivity contribution >= 4 is 29.9 Å². The third-order valence-electron chi connectivity index (χ3n) is 5.06. The fourth-order valence-electron chi connectivity index (χ4n) is 3.89. The summed E-state index contributed by atoms with van der Waals surface area (Å²) in [6, 6.07) is 0. The Labute approximate surface area is 139 Å². The molecule has 0 bridgehead atoms. The van der Waals surface area contributed by atoms with Gasteiger partial charge in [0, 0.05) is 39.2 Å². The number of fused-ring (bicyclic) bond motifs is 1. The van der Waals surface area contributed by atoms with Gasteiger partial charge in [-0.05, 0) is 31.1 Å². The van der Waals surface area contributed by atoms with Crippen molar-refractivity contribution < 1.29 is 4.74 Å². The van der Waals surface area contributed by atoms with Crippen LogP contribution >= 0.6 is 24.0 Å². The van der Waals surface area contributed by atoms with Crippen LogP contribution in [0.4, 0.5) is 0 Å². The highest BCUT2D eigenvalue weighted by Crippen LogP contribution is 2.35. The van der Waals surface area contributed by atoms with Crippen LogP contribution < -0.4 is 5.32 Å². The van der Waals surface area contributed by atoms with Crippen LogP contribution in [-0.2, 0) is 4.74 Å². The minimum Gasteiger partial charge on any atom is -0.381 e. The number of halogens is 1. The van der Waals surface area contributed by atoms with E-state index in [4.69, 9.17) is 4.74 Å². The quantitative estimate of drug-likeness (QED) is 0.445. The van der Waals surface area contributed by atoms with Crippen LogP contribution in [-0.4, -0.2) is 50.8 Å². The van der Waals surface area contributed by atoms with Crippen LogP contribution in [0.5, 0.6) is 0 Å². The molecule has 20 heavy (non-hydrogen) atoms. The van der Waals surface area contributed by atoms with Crippen LogP contribution in [0.25, 0.3) is 0 Å². The van der Waals surface area contributed by atoms with Gasteiger partial charge in [0.05, 0.1) is 6.61 Å².